The van der Waals surface area contributed by atoms with E-state index in [1.807, 2.05) is 18.2 Å². The highest BCUT2D eigenvalue weighted by Gasteiger charge is 2.21. The summed E-state index contributed by atoms with van der Waals surface area (Å²) in [5, 5.41) is 0.680. The number of esters is 1. The first-order chi connectivity index (χ1) is 7.36. The minimum absolute atomic E-state index is 0.0387. The molecule has 0 atom stereocenters. The van der Waals surface area contributed by atoms with Crippen molar-refractivity contribution in [3.63, 3.8) is 0 Å². The Morgan fingerprint density at radius 2 is 2.00 bits per heavy atom. The molecule has 2 nitrogen and oxygen atoms in total. The van der Waals surface area contributed by atoms with Crippen molar-refractivity contribution in [2.75, 3.05) is 0 Å². The first kappa shape index (κ1) is 13.2. The summed E-state index contributed by atoms with van der Waals surface area (Å²) in [4.78, 5) is 11.1. The highest BCUT2D eigenvalue weighted by molar-refractivity contribution is 9.08. The van der Waals surface area contributed by atoms with Crippen molar-refractivity contribution in [3.8, 4) is 5.75 Å². The lowest BCUT2D eigenvalue weighted by Gasteiger charge is -2.23. The van der Waals surface area contributed by atoms with Crippen LogP contribution in [0, 0.1) is 0 Å². The van der Waals surface area contributed by atoms with E-state index in [1.54, 1.807) is 0 Å². The summed E-state index contributed by atoms with van der Waals surface area (Å²) in [5.41, 5.74) is 2.02. The molecule has 1 rings (SSSR count). The molecule has 0 N–H and O–H groups in total. The van der Waals surface area contributed by atoms with Gasteiger partial charge in [-0.3, -0.25) is 4.79 Å². The Hall–Kier alpha value is -0.830. The molecule has 0 bridgehead atoms. The molecule has 0 spiro atoms. The third-order valence-corrected chi connectivity index (χ3v) is 2.90. The van der Waals surface area contributed by atoms with Crippen LogP contribution in [0.1, 0.15) is 38.8 Å². The Balaban J connectivity index is 3.31. The number of hydrogen-bond acceptors (Lipinski definition) is 2. The van der Waals surface area contributed by atoms with Gasteiger partial charge in [0.15, 0.2) is 0 Å². The maximum atomic E-state index is 11.1. The summed E-state index contributed by atoms with van der Waals surface area (Å²) in [7, 11) is 0. The second-order valence-corrected chi connectivity index (χ2v) is 5.33. The van der Waals surface area contributed by atoms with Gasteiger partial charge in [0.2, 0.25) is 0 Å². The Morgan fingerprint density at radius 1 is 1.38 bits per heavy atom. The zero-order chi connectivity index (χ0) is 12.3. The Bertz CT molecular complexity index is 391. The summed E-state index contributed by atoms with van der Waals surface area (Å²) in [6.45, 7) is 7.74. The first-order valence-electron chi connectivity index (χ1n) is 5.23. The van der Waals surface area contributed by atoms with E-state index >= 15 is 0 Å². The van der Waals surface area contributed by atoms with Crippen LogP contribution in [0.3, 0.4) is 0 Å². The standard InChI is InChI=1S/C13H17BrO2/c1-9(15)16-12-10(8-14)6-5-7-11(12)13(2,3)4/h5-7H,8H2,1-4H3. The summed E-state index contributed by atoms with van der Waals surface area (Å²) in [5.74, 6) is 0.415. The van der Waals surface area contributed by atoms with E-state index in [9.17, 15) is 4.79 Å². The molecule has 1 aromatic rings. The molecular weight excluding hydrogens is 268 g/mol. The van der Waals surface area contributed by atoms with Gasteiger partial charge in [-0.2, -0.15) is 0 Å². The molecule has 3 heteroatoms. The van der Waals surface area contributed by atoms with E-state index in [0.29, 0.717) is 11.1 Å². The lowest BCUT2D eigenvalue weighted by molar-refractivity contribution is -0.132. The van der Waals surface area contributed by atoms with Gasteiger partial charge in [0.1, 0.15) is 5.75 Å². The van der Waals surface area contributed by atoms with E-state index in [1.165, 1.54) is 6.92 Å². The fourth-order valence-corrected chi connectivity index (χ4v) is 1.99. The molecule has 1 aromatic carbocycles. The minimum Gasteiger partial charge on any atom is -0.426 e. The molecule has 0 aromatic heterocycles. The fraction of sp³-hybridized carbons (Fsp3) is 0.462. The smallest absolute Gasteiger partial charge is 0.308 e. The van der Waals surface area contributed by atoms with Gasteiger partial charge in [-0.05, 0) is 5.41 Å². The zero-order valence-corrected chi connectivity index (χ0v) is 11.7. The lowest BCUT2D eigenvalue weighted by Crippen LogP contribution is -2.16. The second-order valence-electron chi connectivity index (χ2n) is 4.77. The fourth-order valence-electron chi connectivity index (χ4n) is 1.54. The zero-order valence-electron chi connectivity index (χ0n) is 10.1. The van der Waals surface area contributed by atoms with Crippen molar-refractivity contribution in [1.29, 1.82) is 0 Å². The van der Waals surface area contributed by atoms with Crippen LogP contribution < -0.4 is 4.74 Å². The number of benzene rings is 1. The molecule has 0 fully saturated rings. The average molecular weight is 285 g/mol. The molecule has 0 saturated carbocycles. The number of alkyl halides is 1. The molecule has 0 amide bonds. The maximum Gasteiger partial charge on any atom is 0.308 e. The van der Waals surface area contributed by atoms with Crippen LogP contribution in [0.15, 0.2) is 18.2 Å². The Labute approximate surface area is 105 Å². The third kappa shape index (κ3) is 3.08. The van der Waals surface area contributed by atoms with Gasteiger partial charge >= 0.3 is 5.97 Å². The molecule has 0 aliphatic rings. The number of halogens is 1. The van der Waals surface area contributed by atoms with E-state index in [4.69, 9.17) is 4.74 Å². The highest BCUT2D eigenvalue weighted by Crippen LogP contribution is 2.35. The van der Waals surface area contributed by atoms with Gasteiger partial charge in [-0.25, -0.2) is 0 Å². The number of carbonyl (C=O) groups excluding carboxylic acids is 1. The highest BCUT2D eigenvalue weighted by atomic mass is 79.9. The summed E-state index contributed by atoms with van der Waals surface area (Å²) in [6, 6.07) is 5.96. The van der Waals surface area contributed by atoms with Crippen molar-refractivity contribution in [1.82, 2.24) is 0 Å². The SMILES string of the molecule is CC(=O)Oc1c(CBr)cccc1C(C)(C)C. The molecule has 0 aliphatic heterocycles. The lowest BCUT2D eigenvalue weighted by atomic mass is 9.85. The van der Waals surface area contributed by atoms with Crippen LogP contribution in [0.25, 0.3) is 0 Å². The van der Waals surface area contributed by atoms with Gasteiger partial charge in [0, 0.05) is 23.4 Å². The van der Waals surface area contributed by atoms with Gasteiger partial charge in [0.25, 0.3) is 0 Å². The van der Waals surface area contributed by atoms with Crippen molar-refractivity contribution in [2.24, 2.45) is 0 Å². The Morgan fingerprint density at radius 3 is 2.44 bits per heavy atom. The van der Waals surface area contributed by atoms with Crippen molar-refractivity contribution in [2.45, 2.75) is 38.4 Å². The van der Waals surface area contributed by atoms with Crippen LogP contribution >= 0.6 is 15.9 Å². The van der Waals surface area contributed by atoms with E-state index in [-0.39, 0.29) is 11.4 Å². The number of ether oxygens (including phenoxy) is 1. The second kappa shape index (κ2) is 5.00. The molecule has 88 valence electrons. The van der Waals surface area contributed by atoms with E-state index in [0.717, 1.165) is 11.1 Å². The summed E-state index contributed by atoms with van der Waals surface area (Å²) < 4.78 is 5.32. The van der Waals surface area contributed by atoms with Gasteiger partial charge < -0.3 is 4.74 Å². The van der Waals surface area contributed by atoms with E-state index < -0.39 is 0 Å². The summed E-state index contributed by atoms with van der Waals surface area (Å²) in [6.07, 6.45) is 0. The van der Waals surface area contributed by atoms with Crippen molar-refractivity contribution in [3.05, 3.63) is 29.3 Å². The number of para-hydroxylation sites is 1. The van der Waals surface area contributed by atoms with Crippen LogP contribution in [-0.4, -0.2) is 5.97 Å². The number of carbonyl (C=O) groups is 1. The van der Waals surface area contributed by atoms with Gasteiger partial charge in [-0.1, -0.05) is 54.9 Å². The summed E-state index contributed by atoms with van der Waals surface area (Å²) >= 11 is 3.41. The van der Waals surface area contributed by atoms with Crippen molar-refractivity contribution < 1.29 is 9.53 Å². The minimum atomic E-state index is -0.279. The maximum absolute atomic E-state index is 11.1. The van der Waals surface area contributed by atoms with Crippen LogP contribution in [0.5, 0.6) is 5.75 Å². The topological polar surface area (TPSA) is 26.3 Å². The monoisotopic (exact) mass is 284 g/mol. The first-order valence-corrected chi connectivity index (χ1v) is 6.35. The molecule has 0 unspecified atom stereocenters. The third-order valence-electron chi connectivity index (χ3n) is 2.29. The predicted molar refractivity (Wildman–Crippen MR) is 69.1 cm³/mol. The molecular formula is C13H17BrO2. The quantitative estimate of drug-likeness (QED) is 0.469. The largest absolute Gasteiger partial charge is 0.426 e. The van der Waals surface area contributed by atoms with Crippen molar-refractivity contribution >= 4 is 21.9 Å². The van der Waals surface area contributed by atoms with Crippen LogP contribution in [0.2, 0.25) is 0 Å². The molecule has 0 aliphatic carbocycles. The van der Waals surface area contributed by atoms with Crippen LogP contribution in [0.4, 0.5) is 0 Å². The van der Waals surface area contributed by atoms with E-state index in [2.05, 4.69) is 36.7 Å². The Kier molecular flexibility index (Phi) is 4.14. The molecule has 0 heterocycles. The van der Waals surface area contributed by atoms with Gasteiger partial charge in [0.05, 0.1) is 0 Å². The molecule has 16 heavy (non-hydrogen) atoms. The average Bonchev–Trinajstić information content (AvgIpc) is 2.15. The van der Waals surface area contributed by atoms with Gasteiger partial charge in [-0.15, -0.1) is 0 Å². The molecule has 0 saturated heterocycles. The number of hydrogen-bond donors (Lipinski definition) is 0. The van der Waals surface area contributed by atoms with Crippen LogP contribution in [-0.2, 0) is 15.5 Å². The predicted octanol–water partition coefficient (Wildman–Crippen LogP) is 3.80. The number of rotatable bonds is 2. The molecule has 0 radical (unpaired) electrons. The normalized spacial score (nSPS) is 11.3.